The number of carbonyl (C=O) groups excluding carboxylic acids is 1. The topological polar surface area (TPSA) is 41.1 Å². The minimum absolute atomic E-state index is 0.0270. The molecule has 3 nitrogen and oxygen atoms in total. The number of hydrogen-bond donors (Lipinski definition) is 2. The summed E-state index contributed by atoms with van der Waals surface area (Å²) in [6.45, 7) is 3.38. The third-order valence-electron chi connectivity index (χ3n) is 2.05. The molecule has 0 bridgehead atoms. The first kappa shape index (κ1) is 13.3. The fourth-order valence-corrected chi connectivity index (χ4v) is 1.30. The van der Waals surface area contributed by atoms with E-state index in [2.05, 4.69) is 17.6 Å². The van der Waals surface area contributed by atoms with Gasteiger partial charge in [0.1, 0.15) is 0 Å². The van der Waals surface area contributed by atoms with E-state index < -0.39 is 17.8 Å². The minimum atomic E-state index is -4.42. The quantitative estimate of drug-likeness (QED) is 0.843. The van der Waals surface area contributed by atoms with Crippen LogP contribution in [0.5, 0.6) is 0 Å². The van der Waals surface area contributed by atoms with Gasteiger partial charge in [-0.25, -0.2) is 4.79 Å². The summed E-state index contributed by atoms with van der Waals surface area (Å²) in [5.74, 6) is 0. The van der Waals surface area contributed by atoms with Gasteiger partial charge in [-0.1, -0.05) is 18.2 Å². The molecular formula is C11H12F3N2O. The first-order valence-corrected chi connectivity index (χ1v) is 4.91. The van der Waals surface area contributed by atoms with Crippen molar-refractivity contribution in [2.75, 3.05) is 6.54 Å². The molecule has 1 aromatic carbocycles. The maximum Gasteiger partial charge on any atom is 0.416 e. The Labute approximate surface area is 97.0 Å². The Bertz CT molecular complexity index is 391. The number of hydrogen-bond acceptors (Lipinski definition) is 1. The van der Waals surface area contributed by atoms with Crippen LogP contribution in [0.15, 0.2) is 24.3 Å². The molecule has 0 saturated carbocycles. The smallest absolute Gasteiger partial charge is 0.338 e. The van der Waals surface area contributed by atoms with E-state index in [0.29, 0.717) is 0 Å². The van der Waals surface area contributed by atoms with E-state index in [1.165, 1.54) is 18.2 Å². The standard InChI is InChI=1S/C11H12F3N2O/c1-2-15-10(17)16-7-8-5-3-4-6-9(8)11(12,13)14/h3-6H,1-2,7H2,(H2,15,16,17). The van der Waals surface area contributed by atoms with Crippen molar-refractivity contribution in [1.82, 2.24) is 10.6 Å². The maximum absolute atomic E-state index is 12.6. The Kier molecular flexibility index (Phi) is 4.37. The van der Waals surface area contributed by atoms with Gasteiger partial charge in [0.25, 0.3) is 0 Å². The van der Waals surface area contributed by atoms with Crippen LogP contribution < -0.4 is 10.6 Å². The molecule has 0 aliphatic heterocycles. The Morgan fingerprint density at radius 2 is 1.88 bits per heavy atom. The van der Waals surface area contributed by atoms with Gasteiger partial charge in [-0.3, -0.25) is 0 Å². The molecule has 17 heavy (non-hydrogen) atoms. The van der Waals surface area contributed by atoms with Crippen molar-refractivity contribution in [1.29, 1.82) is 0 Å². The number of rotatable bonds is 3. The number of urea groups is 1. The maximum atomic E-state index is 12.6. The third kappa shape index (κ3) is 3.97. The van der Waals surface area contributed by atoms with Crippen LogP contribution in [0, 0.1) is 6.92 Å². The van der Waals surface area contributed by atoms with Gasteiger partial charge in [0.2, 0.25) is 0 Å². The molecule has 0 atom stereocenters. The van der Waals surface area contributed by atoms with Crippen LogP contribution >= 0.6 is 0 Å². The highest BCUT2D eigenvalue weighted by atomic mass is 19.4. The van der Waals surface area contributed by atoms with Gasteiger partial charge in [-0.2, -0.15) is 13.2 Å². The van der Waals surface area contributed by atoms with E-state index in [9.17, 15) is 18.0 Å². The molecule has 0 aromatic heterocycles. The molecule has 0 unspecified atom stereocenters. The predicted molar refractivity (Wildman–Crippen MR) is 57.0 cm³/mol. The Morgan fingerprint density at radius 1 is 1.24 bits per heavy atom. The largest absolute Gasteiger partial charge is 0.416 e. The molecule has 2 amide bonds. The summed E-state index contributed by atoms with van der Waals surface area (Å²) in [6.07, 6.45) is -4.42. The summed E-state index contributed by atoms with van der Waals surface area (Å²) in [4.78, 5) is 11.0. The Morgan fingerprint density at radius 3 is 2.47 bits per heavy atom. The first-order chi connectivity index (χ1) is 7.95. The summed E-state index contributed by atoms with van der Waals surface area (Å²) < 4.78 is 37.7. The van der Waals surface area contributed by atoms with Crippen molar-refractivity contribution in [2.45, 2.75) is 12.7 Å². The normalized spacial score (nSPS) is 11.1. The van der Waals surface area contributed by atoms with Crippen LogP contribution in [0.1, 0.15) is 11.1 Å². The molecule has 0 aliphatic carbocycles. The van der Waals surface area contributed by atoms with Crippen molar-refractivity contribution in [2.24, 2.45) is 0 Å². The van der Waals surface area contributed by atoms with Gasteiger partial charge in [-0.05, 0) is 18.6 Å². The molecule has 1 radical (unpaired) electrons. The third-order valence-corrected chi connectivity index (χ3v) is 2.05. The van der Waals surface area contributed by atoms with E-state index in [1.807, 2.05) is 0 Å². The van der Waals surface area contributed by atoms with Crippen molar-refractivity contribution < 1.29 is 18.0 Å². The molecule has 0 aliphatic rings. The van der Waals surface area contributed by atoms with Gasteiger partial charge in [0.15, 0.2) is 0 Å². The van der Waals surface area contributed by atoms with Gasteiger partial charge in [0.05, 0.1) is 5.56 Å². The van der Waals surface area contributed by atoms with E-state index in [-0.39, 0.29) is 18.7 Å². The molecule has 1 aromatic rings. The number of amides is 2. The first-order valence-electron chi connectivity index (χ1n) is 4.91. The Hall–Kier alpha value is -1.72. The molecule has 1 rings (SSSR count). The molecular weight excluding hydrogens is 233 g/mol. The van der Waals surface area contributed by atoms with Crippen LogP contribution in [0.25, 0.3) is 0 Å². The van der Waals surface area contributed by atoms with Gasteiger partial charge >= 0.3 is 12.2 Å². The summed E-state index contributed by atoms with van der Waals surface area (Å²) in [5, 5.41) is 4.65. The van der Waals surface area contributed by atoms with Gasteiger partial charge in [-0.15, -0.1) is 0 Å². The second-order valence-electron chi connectivity index (χ2n) is 3.26. The summed E-state index contributed by atoms with van der Waals surface area (Å²) in [6, 6.07) is 4.56. The molecule has 2 N–H and O–H groups in total. The van der Waals surface area contributed by atoms with Crippen LogP contribution in [0.2, 0.25) is 0 Å². The predicted octanol–water partition coefficient (Wildman–Crippen LogP) is 2.34. The zero-order valence-electron chi connectivity index (χ0n) is 8.97. The van der Waals surface area contributed by atoms with E-state index in [0.717, 1.165) is 6.07 Å². The number of carbonyl (C=O) groups is 1. The lowest BCUT2D eigenvalue weighted by molar-refractivity contribution is -0.138. The van der Waals surface area contributed by atoms with Gasteiger partial charge in [0, 0.05) is 13.1 Å². The Balaban J connectivity index is 2.74. The lowest BCUT2D eigenvalue weighted by Gasteiger charge is -2.13. The van der Waals surface area contributed by atoms with E-state index >= 15 is 0 Å². The van der Waals surface area contributed by atoms with Crippen LogP contribution in [-0.4, -0.2) is 12.6 Å². The number of benzene rings is 1. The second kappa shape index (κ2) is 5.56. The molecule has 6 heteroatoms. The van der Waals surface area contributed by atoms with Crippen molar-refractivity contribution >= 4 is 6.03 Å². The number of halogens is 3. The fourth-order valence-electron chi connectivity index (χ4n) is 1.30. The van der Waals surface area contributed by atoms with Gasteiger partial charge < -0.3 is 10.6 Å². The summed E-state index contributed by atoms with van der Waals surface area (Å²) in [7, 11) is 0. The minimum Gasteiger partial charge on any atom is -0.338 e. The molecule has 0 saturated heterocycles. The summed E-state index contributed by atoms with van der Waals surface area (Å²) in [5.41, 5.74) is -0.714. The number of nitrogens with one attached hydrogen (secondary N) is 2. The highest BCUT2D eigenvalue weighted by molar-refractivity contribution is 5.73. The zero-order valence-corrected chi connectivity index (χ0v) is 8.97. The SMILES string of the molecule is [CH2]CNC(=O)NCc1ccccc1C(F)(F)F. The molecule has 0 spiro atoms. The van der Waals surface area contributed by atoms with Crippen molar-refractivity contribution in [3.8, 4) is 0 Å². The highest BCUT2D eigenvalue weighted by Gasteiger charge is 2.32. The van der Waals surface area contributed by atoms with E-state index in [1.54, 1.807) is 0 Å². The second-order valence-corrected chi connectivity index (χ2v) is 3.26. The fraction of sp³-hybridized carbons (Fsp3) is 0.273. The lowest BCUT2D eigenvalue weighted by atomic mass is 10.1. The molecule has 0 heterocycles. The van der Waals surface area contributed by atoms with Crippen molar-refractivity contribution in [3.05, 3.63) is 42.3 Å². The van der Waals surface area contributed by atoms with Crippen LogP contribution in [-0.2, 0) is 12.7 Å². The average molecular weight is 245 g/mol. The molecule has 0 fully saturated rings. The lowest BCUT2D eigenvalue weighted by Crippen LogP contribution is -2.35. The number of alkyl halides is 3. The monoisotopic (exact) mass is 245 g/mol. The summed E-state index contributed by atoms with van der Waals surface area (Å²) >= 11 is 0. The van der Waals surface area contributed by atoms with Crippen LogP contribution in [0.4, 0.5) is 18.0 Å². The van der Waals surface area contributed by atoms with E-state index in [4.69, 9.17) is 0 Å². The highest BCUT2D eigenvalue weighted by Crippen LogP contribution is 2.31. The molecule has 93 valence electrons. The van der Waals surface area contributed by atoms with Crippen LogP contribution in [0.3, 0.4) is 0 Å². The van der Waals surface area contributed by atoms with Crippen molar-refractivity contribution in [3.63, 3.8) is 0 Å². The zero-order chi connectivity index (χ0) is 12.9. The average Bonchev–Trinajstić information content (AvgIpc) is 2.26.